The molecule has 2 rings (SSSR count). The topological polar surface area (TPSA) is 27.0 Å². The molecule has 0 saturated heterocycles. The molecule has 1 aromatic carbocycles. The predicted molar refractivity (Wildman–Crippen MR) is 83.3 cm³/mol. The summed E-state index contributed by atoms with van der Waals surface area (Å²) in [5.74, 6) is -0.337. The van der Waals surface area contributed by atoms with Crippen molar-refractivity contribution in [2.75, 3.05) is 11.9 Å². The Morgan fingerprint density at radius 3 is 2.50 bits per heavy atom. The lowest BCUT2D eigenvalue weighted by atomic mass is 9.75. The van der Waals surface area contributed by atoms with Crippen LogP contribution in [-0.4, -0.2) is 13.1 Å². The molecule has 1 aliphatic rings. The number of rotatable bonds is 2. The molecule has 0 heterocycles. The SMILES string of the molecule is CN(c1ccc(C#N)c(Br)c1F)C1CCC(C)(C)CC1. The summed E-state index contributed by atoms with van der Waals surface area (Å²) in [6, 6.07) is 5.74. The van der Waals surface area contributed by atoms with Crippen LogP contribution in [0.5, 0.6) is 0 Å². The van der Waals surface area contributed by atoms with E-state index in [4.69, 9.17) is 5.26 Å². The van der Waals surface area contributed by atoms with Gasteiger partial charge in [0.25, 0.3) is 0 Å². The van der Waals surface area contributed by atoms with Crippen LogP contribution in [-0.2, 0) is 0 Å². The van der Waals surface area contributed by atoms with E-state index >= 15 is 0 Å². The molecule has 0 bridgehead atoms. The molecule has 1 aliphatic carbocycles. The van der Waals surface area contributed by atoms with Crippen molar-refractivity contribution in [2.24, 2.45) is 5.41 Å². The highest BCUT2D eigenvalue weighted by Gasteiger charge is 2.30. The zero-order valence-electron chi connectivity index (χ0n) is 12.2. The lowest BCUT2D eigenvalue weighted by Crippen LogP contribution is -2.37. The molecule has 0 radical (unpaired) electrons. The monoisotopic (exact) mass is 338 g/mol. The first-order chi connectivity index (χ1) is 9.35. The Bertz CT molecular complexity index is 538. The maximum atomic E-state index is 14.4. The van der Waals surface area contributed by atoms with Crippen molar-refractivity contribution < 1.29 is 4.39 Å². The second-order valence-corrected chi connectivity index (χ2v) is 7.17. The van der Waals surface area contributed by atoms with Gasteiger partial charge in [0.1, 0.15) is 6.07 Å². The van der Waals surface area contributed by atoms with Crippen molar-refractivity contribution in [3.63, 3.8) is 0 Å². The summed E-state index contributed by atoms with van der Waals surface area (Å²) in [7, 11) is 1.94. The lowest BCUT2D eigenvalue weighted by Gasteiger charge is -2.39. The van der Waals surface area contributed by atoms with Crippen molar-refractivity contribution in [2.45, 2.75) is 45.6 Å². The zero-order valence-corrected chi connectivity index (χ0v) is 13.8. The van der Waals surface area contributed by atoms with Gasteiger partial charge in [-0.3, -0.25) is 0 Å². The van der Waals surface area contributed by atoms with E-state index in [9.17, 15) is 4.39 Å². The molecule has 0 spiro atoms. The van der Waals surface area contributed by atoms with Crippen LogP contribution in [0.4, 0.5) is 10.1 Å². The van der Waals surface area contributed by atoms with Gasteiger partial charge in [0.2, 0.25) is 0 Å². The summed E-state index contributed by atoms with van der Waals surface area (Å²) >= 11 is 3.18. The smallest absolute Gasteiger partial charge is 0.161 e. The van der Waals surface area contributed by atoms with Crippen molar-refractivity contribution in [3.8, 4) is 6.07 Å². The lowest BCUT2D eigenvalue weighted by molar-refractivity contribution is 0.222. The quantitative estimate of drug-likeness (QED) is 0.769. The molecule has 0 N–H and O–H groups in total. The van der Waals surface area contributed by atoms with E-state index in [1.165, 1.54) is 12.8 Å². The maximum absolute atomic E-state index is 14.4. The Morgan fingerprint density at radius 1 is 1.35 bits per heavy atom. The van der Waals surface area contributed by atoms with E-state index in [2.05, 4.69) is 29.8 Å². The second-order valence-electron chi connectivity index (χ2n) is 6.38. The van der Waals surface area contributed by atoms with Gasteiger partial charge in [0, 0.05) is 13.1 Å². The first-order valence-electron chi connectivity index (χ1n) is 6.96. The summed E-state index contributed by atoms with van der Waals surface area (Å²) in [5, 5.41) is 8.92. The van der Waals surface area contributed by atoms with E-state index < -0.39 is 0 Å². The van der Waals surface area contributed by atoms with Gasteiger partial charge in [-0.15, -0.1) is 0 Å². The number of benzene rings is 1. The highest BCUT2D eigenvalue weighted by molar-refractivity contribution is 9.10. The van der Waals surface area contributed by atoms with Crippen LogP contribution in [0.1, 0.15) is 45.1 Å². The van der Waals surface area contributed by atoms with Crippen LogP contribution in [0.25, 0.3) is 0 Å². The van der Waals surface area contributed by atoms with E-state index in [1.54, 1.807) is 12.1 Å². The summed E-state index contributed by atoms with van der Waals surface area (Å²) in [6.45, 7) is 4.59. The zero-order chi connectivity index (χ0) is 14.9. The van der Waals surface area contributed by atoms with Gasteiger partial charge in [-0.1, -0.05) is 13.8 Å². The van der Waals surface area contributed by atoms with Crippen LogP contribution in [0, 0.1) is 22.6 Å². The molecule has 0 aromatic heterocycles. The number of hydrogen-bond acceptors (Lipinski definition) is 2. The molecular formula is C16H20BrFN2. The van der Waals surface area contributed by atoms with Gasteiger partial charge in [-0.2, -0.15) is 5.26 Å². The average molecular weight is 339 g/mol. The Labute approximate surface area is 128 Å². The Balaban J connectivity index is 2.20. The molecule has 1 saturated carbocycles. The highest BCUT2D eigenvalue weighted by atomic mass is 79.9. The largest absolute Gasteiger partial charge is 0.369 e. The van der Waals surface area contributed by atoms with E-state index in [-0.39, 0.29) is 10.3 Å². The minimum atomic E-state index is -0.337. The fourth-order valence-corrected chi connectivity index (χ4v) is 3.29. The second kappa shape index (κ2) is 5.73. The number of nitrogens with zero attached hydrogens (tertiary/aromatic N) is 2. The minimum absolute atomic E-state index is 0.264. The molecule has 0 atom stereocenters. The molecule has 20 heavy (non-hydrogen) atoms. The van der Waals surface area contributed by atoms with Gasteiger partial charge >= 0.3 is 0 Å². The van der Waals surface area contributed by atoms with Crippen molar-refractivity contribution in [1.82, 2.24) is 0 Å². The van der Waals surface area contributed by atoms with Gasteiger partial charge in [-0.05, 0) is 59.2 Å². The molecule has 0 unspecified atom stereocenters. The molecule has 2 nitrogen and oxygen atoms in total. The summed E-state index contributed by atoms with van der Waals surface area (Å²) in [5.41, 5.74) is 1.31. The van der Waals surface area contributed by atoms with Gasteiger partial charge in [0.15, 0.2) is 5.82 Å². The van der Waals surface area contributed by atoms with Crippen LogP contribution in [0.3, 0.4) is 0 Å². The fourth-order valence-electron chi connectivity index (χ4n) is 2.87. The number of nitriles is 1. The van der Waals surface area contributed by atoms with Crippen LogP contribution >= 0.6 is 15.9 Å². The van der Waals surface area contributed by atoms with Crippen molar-refractivity contribution >= 4 is 21.6 Å². The van der Waals surface area contributed by atoms with Crippen LogP contribution in [0.15, 0.2) is 16.6 Å². The molecule has 108 valence electrons. The van der Waals surface area contributed by atoms with Crippen molar-refractivity contribution in [1.29, 1.82) is 5.26 Å². The molecular weight excluding hydrogens is 319 g/mol. The first-order valence-corrected chi connectivity index (χ1v) is 7.76. The van der Waals surface area contributed by atoms with Gasteiger partial charge < -0.3 is 4.90 Å². The Kier molecular flexibility index (Phi) is 4.39. The van der Waals surface area contributed by atoms with Gasteiger partial charge in [0.05, 0.1) is 15.7 Å². The minimum Gasteiger partial charge on any atom is -0.369 e. The molecule has 4 heteroatoms. The number of anilines is 1. The number of hydrogen-bond donors (Lipinski definition) is 0. The summed E-state index contributed by atoms with van der Waals surface area (Å²) in [4.78, 5) is 2.02. The van der Waals surface area contributed by atoms with Crippen LogP contribution < -0.4 is 4.90 Å². The first kappa shape index (κ1) is 15.3. The van der Waals surface area contributed by atoms with Crippen molar-refractivity contribution in [3.05, 3.63) is 28.0 Å². The highest BCUT2D eigenvalue weighted by Crippen LogP contribution is 2.39. The van der Waals surface area contributed by atoms with Crippen LogP contribution in [0.2, 0.25) is 0 Å². The Hall–Kier alpha value is -1.08. The average Bonchev–Trinajstić information content (AvgIpc) is 2.41. The standard InChI is InChI=1S/C16H20BrFN2/c1-16(2)8-6-12(7-9-16)20(3)13-5-4-11(10-19)14(17)15(13)18/h4-5,12H,6-9H2,1-3H3. The molecule has 1 aromatic rings. The Morgan fingerprint density at radius 2 is 1.95 bits per heavy atom. The summed E-state index contributed by atoms with van der Waals surface area (Å²) in [6.07, 6.45) is 4.50. The fraction of sp³-hybridized carbons (Fsp3) is 0.562. The van der Waals surface area contributed by atoms with E-state index in [1.807, 2.05) is 18.0 Å². The third kappa shape index (κ3) is 2.98. The summed E-state index contributed by atoms with van der Waals surface area (Å²) < 4.78 is 14.6. The molecule has 0 amide bonds. The third-order valence-corrected chi connectivity index (χ3v) is 5.19. The maximum Gasteiger partial charge on any atom is 0.161 e. The predicted octanol–water partition coefficient (Wildman–Crippen LogP) is 4.86. The normalized spacial score (nSPS) is 18.6. The number of halogens is 2. The third-order valence-electron chi connectivity index (χ3n) is 4.42. The van der Waals surface area contributed by atoms with E-state index in [0.717, 1.165) is 12.8 Å². The van der Waals surface area contributed by atoms with Gasteiger partial charge in [-0.25, -0.2) is 4.39 Å². The molecule has 0 aliphatic heterocycles. The molecule has 1 fully saturated rings. The van der Waals surface area contributed by atoms with E-state index in [0.29, 0.717) is 22.7 Å².